The lowest BCUT2D eigenvalue weighted by atomic mass is 9.45. The number of hydrogen-bond donors (Lipinski definition) is 2. The summed E-state index contributed by atoms with van der Waals surface area (Å²) in [7, 11) is 1.68. The molecule has 5 atom stereocenters. The third-order valence-corrected chi connectivity index (χ3v) is 5.71. The molecule has 0 aromatic rings. The molecule has 1 aliphatic carbocycles. The van der Waals surface area contributed by atoms with Crippen molar-refractivity contribution in [2.24, 2.45) is 16.7 Å². The zero-order valence-corrected chi connectivity index (χ0v) is 12.1. The smallest absolute Gasteiger partial charge is 0.110 e. The zero-order valence-electron chi connectivity index (χ0n) is 12.1. The highest BCUT2D eigenvalue weighted by Gasteiger charge is 2.72. The molecule has 19 heavy (non-hydrogen) atoms. The fourth-order valence-corrected chi connectivity index (χ4v) is 4.40. The lowest BCUT2D eigenvalue weighted by molar-refractivity contribution is -0.341. The molecule has 2 heterocycles. The van der Waals surface area contributed by atoms with Crippen molar-refractivity contribution in [2.75, 3.05) is 13.7 Å². The topological polar surface area (TPSA) is 58.9 Å². The highest BCUT2D eigenvalue weighted by molar-refractivity contribution is 5.30. The molecule has 2 fully saturated rings. The molecular formula is C15H24O4. The third-order valence-electron chi connectivity index (χ3n) is 5.71. The van der Waals surface area contributed by atoms with Crippen LogP contribution in [0.15, 0.2) is 11.8 Å². The Morgan fingerprint density at radius 3 is 2.58 bits per heavy atom. The highest BCUT2D eigenvalue weighted by Crippen LogP contribution is 2.66. The van der Waals surface area contributed by atoms with Crippen molar-refractivity contribution in [2.45, 2.75) is 51.4 Å². The minimum atomic E-state index is -0.562. The summed E-state index contributed by atoms with van der Waals surface area (Å²) < 4.78 is 11.8. The number of aliphatic hydroxyl groups is 2. The first-order chi connectivity index (χ1) is 8.80. The summed E-state index contributed by atoms with van der Waals surface area (Å²) in [5.41, 5.74) is -1.05. The fourth-order valence-electron chi connectivity index (χ4n) is 4.40. The van der Waals surface area contributed by atoms with Gasteiger partial charge in [0, 0.05) is 11.3 Å². The van der Waals surface area contributed by atoms with Gasteiger partial charge in [0.05, 0.1) is 25.9 Å². The molecule has 0 amide bonds. The Kier molecular flexibility index (Phi) is 2.64. The van der Waals surface area contributed by atoms with Crippen molar-refractivity contribution in [3.8, 4) is 0 Å². The van der Waals surface area contributed by atoms with E-state index in [1.165, 1.54) is 0 Å². The average molecular weight is 268 g/mol. The highest BCUT2D eigenvalue weighted by atomic mass is 16.5. The quantitative estimate of drug-likeness (QED) is 0.796. The molecule has 1 saturated carbocycles. The van der Waals surface area contributed by atoms with E-state index in [2.05, 4.69) is 13.8 Å². The molecule has 1 saturated heterocycles. The molecule has 0 aromatic carbocycles. The second-order valence-corrected chi connectivity index (χ2v) is 7.28. The van der Waals surface area contributed by atoms with Crippen LogP contribution in [0.3, 0.4) is 0 Å². The molecule has 3 aliphatic rings. The van der Waals surface area contributed by atoms with Crippen LogP contribution in [-0.2, 0) is 9.47 Å². The maximum atomic E-state index is 10.7. The summed E-state index contributed by atoms with van der Waals surface area (Å²) >= 11 is 0. The van der Waals surface area contributed by atoms with E-state index in [0.29, 0.717) is 6.42 Å². The van der Waals surface area contributed by atoms with Gasteiger partial charge in [0.2, 0.25) is 0 Å². The maximum absolute atomic E-state index is 10.7. The molecule has 2 aliphatic heterocycles. The van der Waals surface area contributed by atoms with Gasteiger partial charge in [0.25, 0.3) is 0 Å². The van der Waals surface area contributed by atoms with Crippen molar-refractivity contribution in [3.05, 3.63) is 11.8 Å². The molecule has 108 valence electrons. The van der Waals surface area contributed by atoms with Crippen molar-refractivity contribution in [1.29, 1.82) is 0 Å². The van der Waals surface area contributed by atoms with Gasteiger partial charge >= 0.3 is 0 Å². The number of hydrogen-bond acceptors (Lipinski definition) is 4. The minimum Gasteiger partial charge on any atom is -0.501 e. The summed E-state index contributed by atoms with van der Waals surface area (Å²) in [6.07, 6.45) is 2.79. The van der Waals surface area contributed by atoms with Gasteiger partial charge in [-0.05, 0) is 24.3 Å². The minimum absolute atomic E-state index is 0.00337. The van der Waals surface area contributed by atoms with E-state index in [1.54, 1.807) is 7.11 Å². The standard InChI is InChI=1S/C15H24O4/c1-13(2)6-9-10(18-4)5-12-14(3,8-16)7-11(17)15(9,13)19-12/h5,9,11-12,16-17H,6-8H2,1-4H3. The number of ether oxygens (including phenoxy) is 2. The van der Waals surface area contributed by atoms with Crippen molar-refractivity contribution < 1.29 is 19.7 Å². The number of aliphatic hydroxyl groups excluding tert-OH is 2. The van der Waals surface area contributed by atoms with Crippen LogP contribution in [0, 0.1) is 16.7 Å². The van der Waals surface area contributed by atoms with Crippen LogP contribution in [0.1, 0.15) is 33.6 Å². The van der Waals surface area contributed by atoms with Crippen molar-refractivity contribution in [1.82, 2.24) is 0 Å². The Labute approximate surface area is 114 Å². The van der Waals surface area contributed by atoms with Crippen LogP contribution in [0.2, 0.25) is 0 Å². The van der Waals surface area contributed by atoms with Crippen LogP contribution < -0.4 is 0 Å². The van der Waals surface area contributed by atoms with E-state index in [9.17, 15) is 10.2 Å². The first-order valence-corrected chi connectivity index (χ1v) is 7.03. The van der Waals surface area contributed by atoms with Crippen LogP contribution in [0.25, 0.3) is 0 Å². The molecule has 5 unspecified atom stereocenters. The molecule has 0 aromatic heterocycles. The zero-order chi connectivity index (χ0) is 14.1. The largest absolute Gasteiger partial charge is 0.501 e. The fraction of sp³-hybridized carbons (Fsp3) is 0.867. The third kappa shape index (κ3) is 1.40. The summed E-state index contributed by atoms with van der Waals surface area (Å²) in [6.45, 7) is 6.25. The van der Waals surface area contributed by atoms with E-state index in [-0.39, 0.29) is 24.0 Å². The normalized spacial score (nSPS) is 50.8. The summed E-state index contributed by atoms with van der Waals surface area (Å²) in [6, 6.07) is 0. The lowest BCUT2D eigenvalue weighted by Crippen LogP contribution is -2.76. The molecule has 0 radical (unpaired) electrons. The summed E-state index contributed by atoms with van der Waals surface area (Å²) in [4.78, 5) is 0. The Hall–Kier alpha value is -0.580. The van der Waals surface area contributed by atoms with Crippen molar-refractivity contribution >= 4 is 0 Å². The number of fused-ring (bicyclic) bond motifs is 1. The Morgan fingerprint density at radius 1 is 1.37 bits per heavy atom. The van der Waals surface area contributed by atoms with Gasteiger partial charge in [0.1, 0.15) is 11.4 Å². The summed E-state index contributed by atoms with van der Waals surface area (Å²) in [5.74, 6) is 1.05. The van der Waals surface area contributed by atoms with Crippen LogP contribution in [0.4, 0.5) is 0 Å². The molecule has 4 heteroatoms. The monoisotopic (exact) mass is 268 g/mol. The molecule has 2 bridgehead atoms. The van der Waals surface area contributed by atoms with Gasteiger partial charge in [-0.15, -0.1) is 0 Å². The second kappa shape index (κ2) is 3.74. The predicted octanol–water partition coefficient (Wildman–Crippen LogP) is 1.46. The van der Waals surface area contributed by atoms with Gasteiger partial charge in [-0.25, -0.2) is 0 Å². The van der Waals surface area contributed by atoms with Crippen molar-refractivity contribution in [3.63, 3.8) is 0 Å². The first-order valence-electron chi connectivity index (χ1n) is 7.03. The molecule has 1 spiro atoms. The molecule has 4 nitrogen and oxygen atoms in total. The number of rotatable bonds is 2. The lowest BCUT2D eigenvalue weighted by Gasteiger charge is -2.69. The van der Waals surface area contributed by atoms with E-state index in [1.807, 2.05) is 13.0 Å². The predicted molar refractivity (Wildman–Crippen MR) is 70.4 cm³/mol. The van der Waals surface area contributed by atoms with Crippen LogP contribution in [0.5, 0.6) is 0 Å². The Bertz CT molecular complexity index is 430. The first kappa shape index (κ1) is 13.4. The van der Waals surface area contributed by atoms with Gasteiger partial charge in [-0.1, -0.05) is 20.8 Å². The van der Waals surface area contributed by atoms with Gasteiger partial charge in [-0.2, -0.15) is 0 Å². The molecule has 2 N–H and O–H groups in total. The Balaban J connectivity index is 2.08. The van der Waals surface area contributed by atoms with Crippen LogP contribution >= 0.6 is 0 Å². The van der Waals surface area contributed by atoms with E-state index < -0.39 is 17.1 Å². The maximum Gasteiger partial charge on any atom is 0.110 e. The number of methoxy groups -OCH3 is 1. The van der Waals surface area contributed by atoms with Gasteiger partial charge in [-0.3, -0.25) is 0 Å². The summed E-state index contributed by atoms with van der Waals surface area (Å²) in [5, 5.41) is 20.4. The van der Waals surface area contributed by atoms with E-state index in [4.69, 9.17) is 9.47 Å². The molecular weight excluding hydrogens is 244 g/mol. The van der Waals surface area contributed by atoms with Crippen LogP contribution in [-0.4, -0.2) is 41.7 Å². The van der Waals surface area contributed by atoms with E-state index in [0.717, 1.165) is 12.2 Å². The van der Waals surface area contributed by atoms with Gasteiger partial charge in [0.15, 0.2) is 0 Å². The SMILES string of the molecule is COC1=CC2OC3(C(O)CC2(C)CO)C1CC3(C)C. The molecule has 3 rings (SSSR count). The van der Waals surface area contributed by atoms with Gasteiger partial charge < -0.3 is 19.7 Å². The second-order valence-electron chi connectivity index (χ2n) is 7.28. The Morgan fingerprint density at radius 2 is 2.05 bits per heavy atom. The average Bonchev–Trinajstić information content (AvgIpc) is 2.36. The van der Waals surface area contributed by atoms with E-state index >= 15 is 0 Å².